The second kappa shape index (κ2) is 8.07. The van der Waals surface area contributed by atoms with Gasteiger partial charge >= 0.3 is 0 Å². The van der Waals surface area contributed by atoms with E-state index in [0.717, 1.165) is 11.8 Å². The number of rotatable bonds is 6. The summed E-state index contributed by atoms with van der Waals surface area (Å²) >= 11 is 0. The number of aromatic amines is 1. The molecule has 0 saturated heterocycles. The quantitative estimate of drug-likeness (QED) is 0.381. The van der Waals surface area contributed by atoms with Crippen LogP contribution in [0.25, 0.3) is 11.4 Å². The fraction of sp³-hybridized carbons (Fsp3) is 0.105. The summed E-state index contributed by atoms with van der Waals surface area (Å²) in [5.74, 6) is -0.637. The second-order valence-corrected chi connectivity index (χ2v) is 6.38. The van der Waals surface area contributed by atoms with Gasteiger partial charge < -0.3 is 16.4 Å². The van der Waals surface area contributed by atoms with E-state index < -0.39 is 17.7 Å². The van der Waals surface area contributed by atoms with E-state index in [9.17, 15) is 8.78 Å². The predicted molar refractivity (Wildman–Crippen MR) is 108 cm³/mol. The largest absolute Gasteiger partial charge is 0.368 e. The molecule has 1 aromatic carbocycles. The SMILES string of the molecule is CC(Nc1nc(N)nc(Nc2cc(-c3ccccn3)[nH]n2)n1)c1ccc(F)cc1F. The van der Waals surface area contributed by atoms with Crippen LogP contribution in [0.3, 0.4) is 0 Å². The van der Waals surface area contributed by atoms with Crippen molar-refractivity contribution < 1.29 is 8.78 Å². The van der Waals surface area contributed by atoms with E-state index in [1.54, 1.807) is 19.2 Å². The number of nitrogen functional groups attached to an aromatic ring is 1. The summed E-state index contributed by atoms with van der Waals surface area (Å²) in [5, 5.41) is 12.9. The molecule has 1 unspecified atom stereocenters. The van der Waals surface area contributed by atoms with Gasteiger partial charge in [0.05, 0.1) is 17.4 Å². The lowest BCUT2D eigenvalue weighted by atomic mass is 10.1. The Labute approximate surface area is 169 Å². The standard InChI is InChI=1S/C19H17F2N9/c1-10(12-6-5-11(20)8-13(12)21)24-18-26-17(22)27-19(28-18)25-16-9-15(29-30-16)14-4-2-3-7-23-14/h2-10H,1H3,(H5,22,24,25,26,27,28,29,30). The van der Waals surface area contributed by atoms with Gasteiger partial charge in [-0.2, -0.15) is 20.1 Å². The van der Waals surface area contributed by atoms with Crippen LogP contribution in [0, 0.1) is 11.6 Å². The average molecular weight is 409 g/mol. The van der Waals surface area contributed by atoms with Crippen molar-refractivity contribution in [1.82, 2.24) is 30.1 Å². The molecule has 0 amide bonds. The Kier molecular flexibility index (Phi) is 5.16. The fourth-order valence-electron chi connectivity index (χ4n) is 2.79. The Morgan fingerprint density at radius 3 is 2.63 bits per heavy atom. The van der Waals surface area contributed by atoms with Gasteiger partial charge in [-0.15, -0.1) is 0 Å². The van der Waals surface area contributed by atoms with E-state index in [0.29, 0.717) is 11.5 Å². The number of benzene rings is 1. The lowest BCUT2D eigenvalue weighted by molar-refractivity contribution is 0.566. The van der Waals surface area contributed by atoms with Crippen LogP contribution in [-0.4, -0.2) is 30.1 Å². The van der Waals surface area contributed by atoms with Gasteiger partial charge in [0.15, 0.2) is 5.82 Å². The Balaban J connectivity index is 1.51. The van der Waals surface area contributed by atoms with Gasteiger partial charge in [-0.25, -0.2) is 8.78 Å². The van der Waals surface area contributed by atoms with Gasteiger partial charge in [-0.05, 0) is 25.1 Å². The number of H-pyrrole nitrogens is 1. The Bertz CT molecular complexity index is 1160. The Hall–Kier alpha value is -4.15. The molecule has 0 spiro atoms. The molecule has 0 aliphatic heterocycles. The molecule has 4 rings (SSSR count). The van der Waals surface area contributed by atoms with Crippen LogP contribution in [0.15, 0.2) is 48.7 Å². The first kappa shape index (κ1) is 19.2. The summed E-state index contributed by atoms with van der Waals surface area (Å²) in [4.78, 5) is 16.5. The van der Waals surface area contributed by atoms with Crippen molar-refractivity contribution in [3.8, 4) is 11.4 Å². The fourth-order valence-corrected chi connectivity index (χ4v) is 2.79. The maximum Gasteiger partial charge on any atom is 0.235 e. The van der Waals surface area contributed by atoms with Gasteiger partial charge in [0.25, 0.3) is 0 Å². The van der Waals surface area contributed by atoms with Crippen LogP contribution in [0.5, 0.6) is 0 Å². The first-order valence-corrected chi connectivity index (χ1v) is 8.95. The molecular weight excluding hydrogens is 392 g/mol. The lowest BCUT2D eigenvalue weighted by Gasteiger charge is -2.15. The number of aromatic nitrogens is 6. The molecule has 0 saturated carbocycles. The number of nitrogens with one attached hydrogen (secondary N) is 3. The molecule has 0 fully saturated rings. The minimum absolute atomic E-state index is 0.0396. The highest BCUT2D eigenvalue weighted by molar-refractivity contribution is 5.61. The van der Waals surface area contributed by atoms with Crippen molar-refractivity contribution in [3.05, 3.63) is 65.9 Å². The highest BCUT2D eigenvalue weighted by Crippen LogP contribution is 2.23. The van der Waals surface area contributed by atoms with Crippen LogP contribution in [-0.2, 0) is 0 Å². The molecule has 0 aliphatic carbocycles. The molecule has 3 heterocycles. The zero-order valence-electron chi connectivity index (χ0n) is 15.8. The van der Waals surface area contributed by atoms with Gasteiger partial charge in [-0.3, -0.25) is 10.1 Å². The van der Waals surface area contributed by atoms with E-state index in [2.05, 4.69) is 40.8 Å². The number of nitrogens with zero attached hydrogens (tertiary/aromatic N) is 5. The maximum atomic E-state index is 14.0. The average Bonchev–Trinajstić information content (AvgIpc) is 3.16. The molecule has 0 bridgehead atoms. The Morgan fingerprint density at radius 1 is 1.03 bits per heavy atom. The molecule has 0 aliphatic rings. The van der Waals surface area contributed by atoms with Crippen LogP contribution in [0.1, 0.15) is 18.5 Å². The van der Waals surface area contributed by atoms with Crippen molar-refractivity contribution in [2.75, 3.05) is 16.4 Å². The van der Waals surface area contributed by atoms with Gasteiger partial charge in [0.2, 0.25) is 17.8 Å². The third-order valence-corrected chi connectivity index (χ3v) is 4.19. The third kappa shape index (κ3) is 4.29. The normalized spacial score (nSPS) is 11.8. The maximum absolute atomic E-state index is 14.0. The lowest BCUT2D eigenvalue weighted by Crippen LogP contribution is -2.14. The molecular formula is C19H17F2N9. The second-order valence-electron chi connectivity index (χ2n) is 6.38. The topological polar surface area (TPSA) is 130 Å². The zero-order chi connectivity index (χ0) is 21.1. The summed E-state index contributed by atoms with van der Waals surface area (Å²) in [6.07, 6.45) is 1.68. The first-order valence-electron chi connectivity index (χ1n) is 8.95. The van der Waals surface area contributed by atoms with E-state index in [1.165, 1.54) is 12.1 Å². The molecule has 1 atom stereocenters. The van der Waals surface area contributed by atoms with E-state index in [-0.39, 0.29) is 23.4 Å². The Morgan fingerprint density at radius 2 is 1.87 bits per heavy atom. The van der Waals surface area contributed by atoms with Crippen molar-refractivity contribution in [2.24, 2.45) is 0 Å². The first-order chi connectivity index (χ1) is 14.5. The highest BCUT2D eigenvalue weighted by atomic mass is 19.1. The monoisotopic (exact) mass is 409 g/mol. The van der Waals surface area contributed by atoms with E-state index in [4.69, 9.17) is 5.73 Å². The molecule has 30 heavy (non-hydrogen) atoms. The van der Waals surface area contributed by atoms with E-state index in [1.807, 2.05) is 18.2 Å². The number of hydrogen-bond acceptors (Lipinski definition) is 8. The summed E-state index contributed by atoms with van der Waals surface area (Å²) in [5.41, 5.74) is 7.47. The van der Waals surface area contributed by atoms with Gasteiger partial charge in [0.1, 0.15) is 11.6 Å². The molecule has 152 valence electrons. The zero-order valence-corrected chi connectivity index (χ0v) is 15.8. The van der Waals surface area contributed by atoms with Crippen LogP contribution >= 0.6 is 0 Å². The van der Waals surface area contributed by atoms with Crippen molar-refractivity contribution in [3.63, 3.8) is 0 Å². The number of halogens is 2. The van der Waals surface area contributed by atoms with Crippen molar-refractivity contribution in [2.45, 2.75) is 13.0 Å². The summed E-state index contributed by atoms with van der Waals surface area (Å²) in [6, 6.07) is 10.1. The van der Waals surface area contributed by atoms with Crippen LogP contribution < -0.4 is 16.4 Å². The molecule has 3 aromatic heterocycles. The van der Waals surface area contributed by atoms with Gasteiger partial charge in [0, 0.05) is 23.9 Å². The number of nitrogens with two attached hydrogens (primary N) is 1. The van der Waals surface area contributed by atoms with Crippen molar-refractivity contribution >= 4 is 23.7 Å². The van der Waals surface area contributed by atoms with Gasteiger partial charge in [-0.1, -0.05) is 12.1 Å². The summed E-state index contributed by atoms with van der Waals surface area (Å²) in [6.45, 7) is 1.69. The van der Waals surface area contributed by atoms with E-state index >= 15 is 0 Å². The molecule has 11 heteroatoms. The minimum atomic E-state index is -0.672. The molecule has 9 nitrogen and oxygen atoms in total. The smallest absolute Gasteiger partial charge is 0.235 e. The number of hydrogen-bond donors (Lipinski definition) is 4. The third-order valence-electron chi connectivity index (χ3n) is 4.19. The minimum Gasteiger partial charge on any atom is -0.368 e. The predicted octanol–water partition coefficient (Wildman–Crippen LogP) is 3.43. The highest BCUT2D eigenvalue weighted by Gasteiger charge is 2.15. The summed E-state index contributed by atoms with van der Waals surface area (Å²) < 4.78 is 27.1. The van der Waals surface area contributed by atoms with Crippen molar-refractivity contribution in [1.29, 1.82) is 0 Å². The summed E-state index contributed by atoms with van der Waals surface area (Å²) in [7, 11) is 0. The van der Waals surface area contributed by atoms with Crippen LogP contribution in [0.4, 0.5) is 32.4 Å². The molecule has 5 N–H and O–H groups in total. The molecule has 4 aromatic rings. The number of anilines is 4. The molecule has 0 radical (unpaired) electrons. The number of pyridine rings is 1. The van der Waals surface area contributed by atoms with Crippen LogP contribution in [0.2, 0.25) is 0 Å².